The number of methoxy groups -OCH3 is 1. The van der Waals surface area contributed by atoms with E-state index in [1.165, 1.54) is 0 Å². The first-order chi connectivity index (χ1) is 13.3. The lowest BCUT2D eigenvalue weighted by Gasteiger charge is -2.36. The van der Waals surface area contributed by atoms with Gasteiger partial charge in [-0.3, -0.25) is 9.79 Å². The molecule has 3 aromatic rings. The van der Waals surface area contributed by atoms with E-state index < -0.39 is 0 Å². The van der Waals surface area contributed by atoms with Crippen molar-refractivity contribution in [1.29, 1.82) is 0 Å². The summed E-state index contributed by atoms with van der Waals surface area (Å²) in [6, 6.07) is 15.5. The van der Waals surface area contributed by atoms with Crippen LogP contribution >= 0.6 is 0 Å². The molecule has 0 fully saturated rings. The van der Waals surface area contributed by atoms with Crippen LogP contribution in [0.5, 0.6) is 5.75 Å². The van der Waals surface area contributed by atoms with Crippen LogP contribution in [0.15, 0.2) is 75.7 Å². The van der Waals surface area contributed by atoms with Gasteiger partial charge in [0.1, 0.15) is 11.6 Å². The predicted molar refractivity (Wildman–Crippen MR) is 106 cm³/mol. The van der Waals surface area contributed by atoms with Crippen LogP contribution in [0, 0.1) is 0 Å². The van der Waals surface area contributed by atoms with Gasteiger partial charge >= 0.3 is 0 Å². The zero-order valence-electron chi connectivity index (χ0n) is 14.6. The van der Waals surface area contributed by atoms with E-state index in [4.69, 9.17) is 4.74 Å². The zero-order chi connectivity index (χ0) is 18.4. The van der Waals surface area contributed by atoms with Crippen molar-refractivity contribution in [3.63, 3.8) is 0 Å². The molecule has 27 heavy (non-hydrogen) atoms. The third kappa shape index (κ3) is 2.38. The Hall–Kier alpha value is -3.67. The first-order valence-electron chi connectivity index (χ1n) is 8.62. The van der Waals surface area contributed by atoms with Crippen LogP contribution in [0.4, 0.5) is 5.82 Å². The number of aromatic nitrogens is 1. The average Bonchev–Trinajstić information content (AvgIpc) is 2.72. The molecule has 0 radical (unpaired) electrons. The van der Waals surface area contributed by atoms with Gasteiger partial charge < -0.3 is 14.6 Å². The fourth-order valence-corrected chi connectivity index (χ4v) is 3.69. The fourth-order valence-electron chi connectivity index (χ4n) is 3.69. The molecule has 0 aliphatic carbocycles. The summed E-state index contributed by atoms with van der Waals surface area (Å²) in [4.78, 5) is 26.4. The van der Waals surface area contributed by atoms with Crippen molar-refractivity contribution in [2.45, 2.75) is 6.04 Å². The van der Waals surface area contributed by atoms with E-state index in [0.29, 0.717) is 17.0 Å². The zero-order valence-corrected chi connectivity index (χ0v) is 14.6. The minimum atomic E-state index is -0.140. The highest BCUT2D eigenvalue weighted by Gasteiger charge is 2.33. The minimum Gasteiger partial charge on any atom is -0.497 e. The SMILES string of the molecule is COc1ccc(C2c3c([nH]c(=O)c4ccccc34)N=C3C=NC=CN32)cc1. The molecule has 0 saturated heterocycles. The van der Waals surface area contributed by atoms with Crippen molar-refractivity contribution in [3.8, 4) is 5.75 Å². The molecule has 132 valence electrons. The molecule has 2 aromatic carbocycles. The molecule has 0 amide bonds. The van der Waals surface area contributed by atoms with Crippen LogP contribution in [0.1, 0.15) is 17.2 Å². The van der Waals surface area contributed by atoms with Gasteiger partial charge in [-0.1, -0.05) is 30.3 Å². The highest BCUT2D eigenvalue weighted by atomic mass is 16.5. The molecule has 6 heteroatoms. The maximum absolute atomic E-state index is 12.5. The number of nitrogens with zero attached hydrogens (tertiary/aromatic N) is 3. The second kappa shape index (κ2) is 5.95. The summed E-state index contributed by atoms with van der Waals surface area (Å²) in [5, 5.41) is 1.55. The van der Waals surface area contributed by atoms with E-state index in [2.05, 4.69) is 19.9 Å². The Balaban J connectivity index is 1.83. The van der Waals surface area contributed by atoms with Crippen molar-refractivity contribution in [1.82, 2.24) is 9.88 Å². The van der Waals surface area contributed by atoms with Gasteiger partial charge in [-0.05, 0) is 29.1 Å². The molecule has 1 unspecified atom stereocenters. The second-order valence-corrected chi connectivity index (χ2v) is 6.39. The van der Waals surface area contributed by atoms with Crippen molar-refractivity contribution >= 4 is 28.6 Å². The topological polar surface area (TPSA) is 70.0 Å². The number of ether oxygens (including phenoxy) is 1. The Bertz CT molecular complexity index is 1190. The maximum atomic E-state index is 12.5. The predicted octanol–water partition coefficient (Wildman–Crippen LogP) is 3.53. The summed E-state index contributed by atoms with van der Waals surface area (Å²) in [7, 11) is 1.65. The van der Waals surface area contributed by atoms with Gasteiger partial charge in [-0.2, -0.15) is 0 Å². The molecule has 0 bridgehead atoms. The number of hydrogen-bond donors (Lipinski definition) is 1. The lowest BCUT2D eigenvalue weighted by Crippen LogP contribution is -2.36. The van der Waals surface area contributed by atoms with Crippen molar-refractivity contribution in [2.75, 3.05) is 7.11 Å². The summed E-state index contributed by atoms with van der Waals surface area (Å²) in [5.74, 6) is 2.06. The van der Waals surface area contributed by atoms with Crippen LogP contribution in [0.3, 0.4) is 0 Å². The normalized spacial score (nSPS) is 17.4. The monoisotopic (exact) mass is 356 g/mol. The smallest absolute Gasteiger partial charge is 0.257 e. The third-order valence-corrected chi connectivity index (χ3v) is 4.93. The Labute approximate surface area is 155 Å². The molecular weight excluding hydrogens is 340 g/mol. The Morgan fingerprint density at radius 3 is 2.63 bits per heavy atom. The molecule has 2 aliphatic rings. The number of nitrogens with one attached hydrogen (secondary N) is 1. The molecule has 3 heterocycles. The summed E-state index contributed by atoms with van der Waals surface area (Å²) in [5.41, 5.74) is 1.90. The number of amidine groups is 1. The average molecular weight is 356 g/mol. The van der Waals surface area contributed by atoms with Gasteiger partial charge in [0.25, 0.3) is 5.56 Å². The van der Waals surface area contributed by atoms with Crippen molar-refractivity contribution in [3.05, 3.63) is 82.4 Å². The van der Waals surface area contributed by atoms with E-state index in [1.807, 2.05) is 54.7 Å². The molecule has 0 spiro atoms. The van der Waals surface area contributed by atoms with E-state index in [1.54, 1.807) is 19.5 Å². The summed E-state index contributed by atoms with van der Waals surface area (Å²) in [6.07, 6.45) is 5.36. The van der Waals surface area contributed by atoms with Gasteiger partial charge in [0.15, 0.2) is 5.84 Å². The quantitative estimate of drug-likeness (QED) is 0.764. The van der Waals surface area contributed by atoms with Crippen LogP contribution in [0.25, 0.3) is 10.8 Å². The molecule has 6 nitrogen and oxygen atoms in total. The molecule has 5 rings (SSSR count). The van der Waals surface area contributed by atoms with Crippen LogP contribution in [-0.4, -0.2) is 29.0 Å². The third-order valence-electron chi connectivity index (χ3n) is 4.93. The summed E-state index contributed by atoms with van der Waals surface area (Å²) < 4.78 is 5.30. The molecule has 1 aromatic heterocycles. The van der Waals surface area contributed by atoms with E-state index >= 15 is 0 Å². The standard InChI is InChI=1S/C21H16N4O2/c1-27-14-8-6-13(7-9-14)19-18-15-4-2-3-5-16(15)21(26)24-20(18)23-17-12-22-10-11-25(17)19/h2-12,19H,1H3,(H,24,26). The Morgan fingerprint density at radius 2 is 1.85 bits per heavy atom. The maximum Gasteiger partial charge on any atom is 0.257 e. The molecular formula is C21H16N4O2. The van der Waals surface area contributed by atoms with E-state index in [-0.39, 0.29) is 11.6 Å². The number of pyridine rings is 1. The van der Waals surface area contributed by atoms with Gasteiger partial charge in [0.05, 0.1) is 19.4 Å². The van der Waals surface area contributed by atoms with Crippen LogP contribution in [-0.2, 0) is 0 Å². The number of H-pyrrole nitrogens is 1. The van der Waals surface area contributed by atoms with Gasteiger partial charge in [-0.25, -0.2) is 4.99 Å². The van der Waals surface area contributed by atoms with Crippen molar-refractivity contribution in [2.24, 2.45) is 9.98 Å². The van der Waals surface area contributed by atoms with E-state index in [9.17, 15) is 4.79 Å². The largest absolute Gasteiger partial charge is 0.497 e. The van der Waals surface area contributed by atoms with Crippen LogP contribution < -0.4 is 10.3 Å². The number of aliphatic imine (C=N–C) groups is 2. The molecule has 1 atom stereocenters. The van der Waals surface area contributed by atoms with Gasteiger partial charge in [0.2, 0.25) is 0 Å². The number of fused-ring (bicyclic) bond motifs is 4. The number of benzene rings is 2. The Kier molecular flexibility index (Phi) is 3.43. The first-order valence-corrected chi connectivity index (χ1v) is 8.62. The Morgan fingerprint density at radius 1 is 1.07 bits per heavy atom. The first kappa shape index (κ1) is 15.6. The van der Waals surface area contributed by atoms with Crippen molar-refractivity contribution < 1.29 is 4.74 Å². The summed E-state index contributed by atoms with van der Waals surface area (Å²) >= 11 is 0. The number of rotatable bonds is 2. The molecule has 2 aliphatic heterocycles. The lowest BCUT2D eigenvalue weighted by atomic mass is 9.92. The lowest BCUT2D eigenvalue weighted by molar-refractivity contribution is 0.413. The highest BCUT2D eigenvalue weighted by Crippen LogP contribution is 2.41. The van der Waals surface area contributed by atoms with E-state index in [0.717, 1.165) is 22.3 Å². The fraction of sp³-hybridized carbons (Fsp3) is 0.0952. The summed E-state index contributed by atoms with van der Waals surface area (Å²) in [6.45, 7) is 0. The molecule has 1 N–H and O–H groups in total. The van der Waals surface area contributed by atoms with Crippen LogP contribution in [0.2, 0.25) is 0 Å². The number of aromatic amines is 1. The van der Waals surface area contributed by atoms with Gasteiger partial charge in [0, 0.05) is 23.3 Å². The number of hydrogen-bond acceptors (Lipinski definition) is 5. The molecule has 0 saturated carbocycles. The minimum absolute atomic E-state index is 0.136. The highest BCUT2D eigenvalue weighted by molar-refractivity contribution is 6.31. The van der Waals surface area contributed by atoms with Gasteiger partial charge in [-0.15, -0.1) is 0 Å². The second-order valence-electron chi connectivity index (χ2n) is 6.39.